The second-order valence-electron chi connectivity index (χ2n) is 0.189. The van der Waals surface area contributed by atoms with Crippen LogP contribution in [-0.4, -0.2) is 28.7 Å². The van der Waals surface area contributed by atoms with Gasteiger partial charge in [-0.25, -0.2) is 0 Å². The quantitative estimate of drug-likeness (QED) is 0.395. The summed E-state index contributed by atoms with van der Waals surface area (Å²) in [5.41, 5.74) is 0. The smallest absolute Gasteiger partial charge is 0.373 e. The highest BCUT2D eigenvalue weighted by Gasteiger charge is 1.22. The molecule has 0 bridgehead atoms. The highest BCUT2D eigenvalue weighted by molar-refractivity contribution is 5.32. The van der Waals surface area contributed by atoms with Gasteiger partial charge in [-0.05, 0) is 0 Å². The molecule has 0 aromatic carbocycles. The second-order valence-corrected chi connectivity index (χ2v) is 0.189. The number of carboxylic acid groups (broad SMARTS) is 1. The molecule has 6 heteroatoms. The Morgan fingerprint density at radius 1 is 1.22 bits per heavy atom. The van der Waals surface area contributed by atoms with Gasteiger partial charge in [-0.1, -0.05) is 7.43 Å². The third-order valence-electron chi connectivity index (χ3n) is 0. The summed E-state index contributed by atoms with van der Waals surface area (Å²) in [6, 6.07) is 0. The molecule has 0 radical (unpaired) electrons. The number of hydrogen-bond acceptors (Lipinski definition) is 3. The van der Waals surface area contributed by atoms with Gasteiger partial charge in [-0.2, -0.15) is 9.59 Å². The molecule has 58 valence electrons. The van der Waals surface area contributed by atoms with E-state index in [1.54, 1.807) is 0 Å². The van der Waals surface area contributed by atoms with Crippen molar-refractivity contribution in [2.45, 2.75) is 7.43 Å². The fourth-order valence-electron chi connectivity index (χ4n) is 0. The van der Waals surface area contributed by atoms with E-state index in [-0.39, 0.29) is 31.0 Å². The van der Waals surface area contributed by atoms with Crippen LogP contribution in [0, 0.1) is 0 Å². The van der Waals surface area contributed by atoms with E-state index in [0.717, 1.165) is 0 Å². The summed E-state index contributed by atoms with van der Waals surface area (Å²) in [7, 11) is 0. The molecule has 9 heavy (non-hydrogen) atoms. The first kappa shape index (κ1) is 46.4. The maximum atomic E-state index is 8.36. The van der Waals surface area contributed by atoms with Gasteiger partial charge in [0.05, 0.1) is 0 Å². The average Bonchev–Trinajstić information content (AvgIpc) is 1.39. The van der Waals surface area contributed by atoms with Crippen molar-refractivity contribution in [1.29, 1.82) is 0 Å². The molecule has 0 saturated carbocycles. The summed E-state index contributed by atoms with van der Waals surface area (Å²) in [4.78, 5) is 24.6. The molecule has 6 nitrogen and oxygen atoms in total. The molecule has 0 heterocycles. The van der Waals surface area contributed by atoms with Gasteiger partial charge in [0, 0.05) is 0 Å². The first-order valence-electron chi connectivity index (χ1n) is 0.902. The molecule has 0 aromatic heterocycles. The summed E-state index contributed by atoms with van der Waals surface area (Å²) in [5.74, 6) is 0. The highest BCUT2D eigenvalue weighted by atomic mass is 16.3. The van der Waals surface area contributed by atoms with Gasteiger partial charge < -0.3 is 16.1 Å². The lowest BCUT2D eigenvalue weighted by atomic mass is 11.7. The van der Waals surface area contributed by atoms with E-state index >= 15 is 0 Å². The zero-order valence-electron chi connectivity index (χ0n) is 3.75. The third-order valence-corrected chi connectivity index (χ3v) is 0. The predicted octanol–water partition coefficient (Wildman–Crippen LogP) is -1.90. The summed E-state index contributed by atoms with van der Waals surface area (Å²) < 4.78 is 0. The van der Waals surface area contributed by atoms with Gasteiger partial charge in [0.1, 0.15) is 0 Å². The van der Waals surface area contributed by atoms with Crippen molar-refractivity contribution in [2.24, 2.45) is 0 Å². The minimum atomic E-state index is -0.250. The second kappa shape index (κ2) is 380. The molecule has 0 rings (SSSR count). The molecular weight excluding hydrogens is 132 g/mol. The third kappa shape index (κ3) is 102. The molecule has 0 atom stereocenters. The summed E-state index contributed by atoms with van der Waals surface area (Å²) >= 11 is 0. The maximum Gasteiger partial charge on any atom is 0.373 e. The van der Waals surface area contributed by atoms with Gasteiger partial charge in [-0.3, -0.25) is 4.79 Å². The fourth-order valence-corrected chi connectivity index (χ4v) is 0. The van der Waals surface area contributed by atoms with Gasteiger partial charge in [0.15, 0.2) is 0 Å². The Morgan fingerprint density at radius 3 is 1.22 bits per heavy atom. The minimum absolute atomic E-state index is 0. The summed E-state index contributed by atoms with van der Waals surface area (Å²) in [6.07, 6.45) is 0.250. The molecule has 5 N–H and O–H groups in total. The Bertz CT molecular complexity index is 53.3. The van der Waals surface area contributed by atoms with Crippen LogP contribution in [0.15, 0.2) is 0 Å². The number of rotatable bonds is 0. The van der Waals surface area contributed by atoms with Gasteiger partial charge in [0.2, 0.25) is 0 Å². The Labute approximate surface area is 51.7 Å². The van der Waals surface area contributed by atoms with Gasteiger partial charge in [-0.15, -0.1) is 0 Å². The van der Waals surface area contributed by atoms with Crippen molar-refractivity contribution in [2.75, 3.05) is 0 Å². The van der Waals surface area contributed by atoms with Crippen LogP contribution in [0.1, 0.15) is 7.43 Å². The lowest BCUT2D eigenvalue weighted by Crippen LogP contribution is -1.49. The van der Waals surface area contributed by atoms with E-state index in [2.05, 4.69) is 0 Å². The first-order valence-corrected chi connectivity index (χ1v) is 0.902. The van der Waals surface area contributed by atoms with Crippen molar-refractivity contribution in [3.05, 3.63) is 0 Å². The molecule has 0 aliphatic rings. The lowest BCUT2D eigenvalue weighted by Gasteiger charge is -1.34. The van der Waals surface area contributed by atoms with Crippen LogP contribution < -0.4 is 0 Å². The normalized spacial score (nSPS) is 2.22. The zero-order chi connectivity index (χ0) is 5.41. The Balaban J connectivity index is -0.00000000889. The first-order chi connectivity index (χ1) is 2.83. The number of hydrogen-bond donors (Lipinski definition) is 1. The van der Waals surface area contributed by atoms with Gasteiger partial charge >= 0.3 is 6.15 Å². The van der Waals surface area contributed by atoms with E-state index in [1.165, 1.54) is 0 Å². The number of carbonyl (C=O) groups is 1. The Hall–Kier alpha value is -1.23. The van der Waals surface area contributed by atoms with Crippen LogP contribution in [0.3, 0.4) is 0 Å². The van der Waals surface area contributed by atoms with E-state index in [9.17, 15) is 0 Å². The van der Waals surface area contributed by atoms with E-state index in [0.29, 0.717) is 0 Å². The highest BCUT2D eigenvalue weighted by Crippen LogP contribution is 0.966. The van der Waals surface area contributed by atoms with Crippen LogP contribution in [0.25, 0.3) is 0 Å². The molecule has 0 unspecified atom stereocenters. The summed E-state index contributed by atoms with van der Waals surface area (Å²) in [6.45, 7) is -0.250. The van der Waals surface area contributed by atoms with E-state index < -0.39 is 0 Å². The topological polar surface area (TPSA) is 134 Å². The van der Waals surface area contributed by atoms with Crippen LogP contribution in [0.2, 0.25) is 0 Å². The maximum absolute atomic E-state index is 8.36. The molecule has 0 amide bonds. The van der Waals surface area contributed by atoms with Crippen LogP contribution in [0.5, 0.6) is 0 Å². The zero-order valence-corrected chi connectivity index (χ0v) is 3.75. The Kier molecular flexibility index (Phi) is 1960. The molecule has 0 saturated heterocycles. The monoisotopic (exact) mass is 142 g/mol. The standard InChI is InChI=1S/CH2O2.CO2.CH4.2H2O/c2*2-1-3;;;/h1H,(H,2,3);;1H4;2*1H2. The predicted molar refractivity (Wildman–Crippen MR) is 27.7 cm³/mol. The van der Waals surface area contributed by atoms with Crippen LogP contribution >= 0.6 is 0 Å². The van der Waals surface area contributed by atoms with E-state index in [1.807, 2.05) is 0 Å². The number of carbonyl (C=O) groups excluding carboxylic acids is 2. The van der Waals surface area contributed by atoms with Crippen molar-refractivity contribution >= 4 is 12.6 Å². The Morgan fingerprint density at radius 2 is 1.22 bits per heavy atom. The van der Waals surface area contributed by atoms with Crippen molar-refractivity contribution in [3.8, 4) is 0 Å². The van der Waals surface area contributed by atoms with Crippen molar-refractivity contribution in [3.63, 3.8) is 0 Å². The SMILES string of the molecule is C.O.O.O=C=O.O=CO. The summed E-state index contributed by atoms with van der Waals surface area (Å²) in [5, 5.41) is 6.89. The molecule has 0 spiro atoms. The van der Waals surface area contributed by atoms with Crippen molar-refractivity contribution < 1.29 is 30.4 Å². The largest absolute Gasteiger partial charge is 0.483 e. The lowest BCUT2D eigenvalue weighted by molar-refractivity contribution is -0.191. The van der Waals surface area contributed by atoms with Crippen LogP contribution in [0.4, 0.5) is 0 Å². The average molecular weight is 142 g/mol. The van der Waals surface area contributed by atoms with Crippen molar-refractivity contribution in [1.82, 2.24) is 0 Å². The van der Waals surface area contributed by atoms with E-state index in [4.69, 9.17) is 19.5 Å². The molecular formula is C3H10O6. The molecule has 0 aromatic rings. The van der Waals surface area contributed by atoms with Crippen LogP contribution in [-0.2, 0) is 14.4 Å². The molecule has 0 fully saturated rings. The molecule has 0 aliphatic heterocycles. The molecule has 0 aliphatic carbocycles. The van der Waals surface area contributed by atoms with Gasteiger partial charge in [0.25, 0.3) is 6.47 Å². The fraction of sp³-hybridized carbons (Fsp3) is 0.333. The minimum Gasteiger partial charge on any atom is -0.483 e.